The number of rotatable bonds is 2. The molecule has 2 aromatic rings. The van der Waals surface area contributed by atoms with E-state index in [1.54, 1.807) is 19.2 Å². The second-order valence-corrected chi connectivity index (χ2v) is 4.58. The summed E-state index contributed by atoms with van der Waals surface area (Å²) < 4.78 is 5.24. The fraction of sp³-hybridized carbons (Fsp3) is 0.200. The van der Waals surface area contributed by atoms with Gasteiger partial charge in [0, 0.05) is 5.41 Å². The van der Waals surface area contributed by atoms with Gasteiger partial charge in [-0.3, -0.25) is 0 Å². The average Bonchev–Trinajstić information content (AvgIpc) is 2.96. The van der Waals surface area contributed by atoms with Crippen LogP contribution < -0.4 is 4.74 Å². The number of aromatic hydroxyl groups is 1. The number of phenols is 1. The van der Waals surface area contributed by atoms with Gasteiger partial charge in [-0.2, -0.15) is 0 Å². The molecule has 0 aliphatic heterocycles. The van der Waals surface area contributed by atoms with Crippen LogP contribution in [0, 0.1) is 0 Å². The van der Waals surface area contributed by atoms with Crippen LogP contribution in [0.4, 0.5) is 0 Å². The molecule has 0 heterocycles. The van der Waals surface area contributed by atoms with Crippen LogP contribution in [-0.2, 0) is 5.41 Å². The topological polar surface area (TPSA) is 29.5 Å². The SMILES string of the molecule is COc1ccc2c(c1)C2(C)c1ccc(O)cc1. The second kappa shape index (κ2) is 3.27. The molecule has 0 spiro atoms. The van der Waals surface area contributed by atoms with Crippen molar-refractivity contribution in [2.24, 2.45) is 0 Å². The Kier molecular flexibility index (Phi) is 1.96. The van der Waals surface area contributed by atoms with Crippen LogP contribution >= 0.6 is 0 Å². The van der Waals surface area contributed by atoms with Gasteiger partial charge in [-0.1, -0.05) is 18.2 Å². The van der Waals surface area contributed by atoms with E-state index in [1.807, 2.05) is 18.2 Å². The highest BCUT2D eigenvalue weighted by atomic mass is 16.5. The summed E-state index contributed by atoms with van der Waals surface area (Å²) in [6.45, 7) is 2.20. The van der Waals surface area contributed by atoms with Crippen molar-refractivity contribution < 1.29 is 9.84 Å². The highest BCUT2D eigenvalue weighted by molar-refractivity contribution is 5.68. The standard InChI is InChI=1S/C15H14O2/c1-15(10-3-5-11(16)6-4-10)13-8-7-12(17-2)9-14(13)15/h3-9,16H,1-2H3. The number of ether oxygens (including phenoxy) is 1. The van der Waals surface area contributed by atoms with Crippen LogP contribution in [-0.4, -0.2) is 12.2 Å². The second-order valence-electron chi connectivity index (χ2n) is 4.58. The van der Waals surface area contributed by atoms with Gasteiger partial charge in [0.2, 0.25) is 0 Å². The minimum atomic E-state index is -0.00944. The summed E-state index contributed by atoms with van der Waals surface area (Å²) >= 11 is 0. The fourth-order valence-corrected chi connectivity index (χ4v) is 2.49. The van der Waals surface area contributed by atoms with Gasteiger partial charge < -0.3 is 9.84 Å². The van der Waals surface area contributed by atoms with Crippen molar-refractivity contribution in [1.82, 2.24) is 0 Å². The molecule has 1 aliphatic carbocycles. The molecular formula is C15H14O2. The molecule has 2 aromatic carbocycles. The molecule has 2 heteroatoms. The summed E-state index contributed by atoms with van der Waals surface area (Å²) in [6, 6.07) is 13.6. The molecule has 86 valence electrons. The Bertz CT molecular complexity index is 572. The molecule has 0 saturated carbocycles. The lowest BCUT2D eigenvalue weighted by molar-refractivity contribution is 0.415. The number of hydrogen-bond donors (Lipinski definition) is 1. The predicted molar refractivity (Wildman–Crippen MR) is 66.7 cm³/mol. The van der Waals surface area contributed by atoms with Crippen molar-refractivity contribution in [3.8, 4) is 11.5 Å². The summed E-state index contributed by atoms with van der Waals surface area (Å²) in [5, 5.41) is 9.32. The summed E-state index contributed by atoms with van der Waals surface area (Å²) in [4.78, 5) is 0. The minimum Gasteiger partial charge on any atom is -0.508 e. The summed E-state index contributed by atoms with van der Waals surface area (Å²) in [5.41, 5.74) is 3.84. The molecule has 1 atom stereocenters. The van der Waals surface area contributed by atoms with Gasteiger partial charge in [0.25, 0.3) is 0 Å². The van der Waals surface area contributed by atoms with Crippen molar-refractivity contribution in [2.45, 2.75) is 12.3 Å². The summed E-state index contributed by atoms with van der Waals surface area (Å²) in [6.07, 6.45) is 0. The first kappa shape index (κ1) is 10.2. The maximum atomic E-state index is 9.32. The van der Waals surface area contributed by atoms with Gasteiger partial charge in [-0.05, 0) is 47.9 Å². The smallest absolute Gasteiger partial charge is 0.119 e. The molecule has 1 N–H and O–H groups in total. The maximum absolute atomic E-state index is 9.32. The van der Waals surface area contributed by atoms with Gasteiger partial charge in [0.05, 0.1) is 7.11 Å². The van der Waals surface area contributed by atoms with Gasteiger partial charge >= 0.3 is 0 Å². The Morgan fingerprint density at radius 1 is 1.00 bits per heavy atom. The van der Waals surface area contributed by atoms with E-state index >= 15 is 0 Å². The molecule has 0 radical (unpaired) electrons. The monoisotopic (exact) mass is 226 g/mol. The highest BCUT2D eigenvalue weighted by Gasteiger charge is 2.47. The average molecular weight is 226 g/mol. The lowest BCUT2D eigenvalue weighted by Gasteiger charge is -2.09. The molecule has 0 amide bonds. The largest absolute Gasteiger partial charge is 0.508 e. The number of methoxy groups -OCH3 is 1. The molecule has 1 unspecified atom stereocenters. The third-order valence-electron chi connectivity index (χ3n) is 3.69. The molecular weight excluding hydrogens is 212 g/mol. The van der Waals surface area contributed by atoms with Crippen LogP contribution in [0.25, 0.3) is 0 Å². The first-order valence-corrected chi connectivity index (χ1v) is 5.65. The van der Waals surface area contributed by atoms with Crippen molar-refractivity contribution in [1.29, 1.82) is 0 Å². The molecule has 3 rings (SSSR count). The first-order valence-electron chi connectivity index (χ1n) is 5.65. The van der Waals surface area contributed by atoms with E-state index in [2.05, 4.69) is 19.1 Å². The van der Waals surface area contributed by atoms with Crippen LogP contribution in [0.2, 0.25) is 0 Å². The minimum absolute atomic E-state index is 0.00944. The molecule has 17 heavy (non-hydrogen) atoms. The normalized spacial score (nSPS) is 20.8. The third-order valence-corrected chi connectivity index (χ3v) is 3.69. The lowest BCUT2D eigenvalue weighted by atomic mass is 9.93. The van der Waals surface area contributed by atoms with E-state index in [-0.39, 0.29) is 5.41 Å². The van der Waals surface area contributed by atoms with Crippen LogP contribution in [0.3, 0.4) is 0 Å². The van der Waals surface area contributed by atoms with Crippen molar-refractivity contribution >= 4 is 0 Å². The Morgan fingerprint density at radius 3 is 2.35 bits per heavy atom. The number of phenolic OH excluding ortho intramolecular Hbond substituents is 1. The third kappa shape index (κ3) is 1.34. The zero-order valence-corrected chi connectivity index (χ0v) is 9.90. The van der Waals surface area contributed by atoms with E-state index in [0.717, 1.165) is 5.75 Å². The quantitative estimate of drug-likeness (QED) is 0.852. The molecule has 2 nitrogen and oxygen atoms in total. The summed E-state index contributed by atoms with van der Waals surface area (Å²) in [5.74, 6) is 1.20. The maximum Gasteiger partial charge on any atom is 0.119 e. The first-order chi connectivity index (χ1) is 8.16. The van der Waals surface area contributed by atoms with Crippen molar-refractivity contribution in [2.75, 3.05) is 7.11 Å². The van der Waals surface area contributed by atoms with Gasteiger partial charge in [-0.25, -0.2) is 0 Å². The van der Waals surface area contributed by atoms with Crippen LogP contribution in [0.5, 0.6) is 11.5 Å². The summed E-state index contributed by atoms with van der Waals surface area (Å²) in [7, 11) is 1.68. The van der Waals surface area contributed by atoms with Crippen molar-refractivity contribution in [3.05, 3.63) is 59.2 Å². The lowest BCUT2D eigenvalue weighted by Crippen LogP contribution is -2.03. The Balaban J connectivity index is 2.03. The van der Waals surface area contributed by atoms with E-state index in [0.29, 0.717) is 5.75 Å². The van der Waals surface area contributed by atoms with E-state index in [1.165, 1.54) is 16.7 Å². The Morgan fingerprint density at radius 2 is 1.71 bits per heavy atom. The van der Waals surface area contributed by atoms with Crippen LogP contribution in [0.15, 0.2) is 42.5 Å². The van der Waals surface area contributed by atoms with E-state index in [9.17, 15) is 5.11 Å². The molecule has 0 fully saturated rings. The number of benzene rings is 2. The fourth-order valence-electron chi connectivity index (χ4n) is 2.49. The highest BCUT2D eigenvalue weighted by Crippen LogP contribution is 2.55. The predicted octanol–water partition coefficient (Wildman–Crippen LogP) is 3.07. The zero-order chi connectivity index (χ0) is 12.0. The van der Waals surface area contributed by atoms with Crippen LogP contribution in [0.1, 0.15) is 23.6 Å². The molecule has 0 saturated heterocycles. The van der Waals surface area contributed by atoms with Crippen molar-refractivity contribution in [3.63, 3.8) is 0 Å². The van der Waals surface area contributed by atoms with E-state index < -0.39 is 0 Å². The molecule has 1 aliphatic rings. The van der Waals surface area contributed by atoms with Gasteiger partial charge in [0.15, 0.2) is 0 Å². The Labute approximate surface area is 100 Å². The Hall–Kier alpha value is -1.96. The molecule has 0 aromatic heterocycles. The molecule has 0 bridgehead atoms. The zero-order valence-electron chi connectivity index (χ0n) is 9.90. The van der Waals surface area contributed by atoms with Gasteiger partial charge in [0.1, 0.15) is 11.5 Å². The number of fused-ring (bicyclic) bond motifs is 1. The van der Waals surface area contributed by atoms with E-state index in [4.69, 9.17) is 4.74 Å². The number of hydrogen-bond acceptors (Lipinski definition) is 2. The van der Waals surface area contributed by atoms with Gasteiger partial charge in [-0.15, -0.1) is 0 Å².